The minimum Gasteiger partial charge on any atom is -0.406 e. The number of hydrogen-bond donors (Lipinski definition) is 1. The Bertz CT molecular complexity index is 894. The number of nitrogens with one attached hydrogen (secondary N) is 1. The quantitative estimate of drug-likeness (QED) is 0.637. The zero-order valence-electron chi connectivity index (χ0n) is 11.7. The van der Waals surface area contributed by atoms with Crippen LogP contribution in [0.2, 0.25) is 0 Å². The lowest BCUT2D eigenvalue weighted by Crippen LogP contribution is -2.16. The van der Waals surface area contributed by atoms with Crippen molar-refractivity contribution in [2.75, 3.05) is 5.32 Å². The van der Waals surface area contributed by atoms with Crippen molar-refractivity contribution in [3.8, 4) is 5.75 Å². The molecule has 0 unspecified atom stereocenters. The monoisotopic (exact) mass is 416 g/mol. The lowest BCUT2D eigenvalue weighted by Gasteiger charge is -2.07. The molecule has 0 saturated heterocycles. The van der Waals surface area contributed by atoms with Crippen LogP contribution in [0.3, 0.4) is 0 Å². The summed E-state index contributed by atoms with van der Waals surface area (Å²) in [6, 6.07) is 10.6. The van der Waals surface area contributed by atoms with Gasteiger partial charge in [-0.05, 0) is 36.4 Å². The van der Waals surface area contributed by atoms with Crippen LogP contribution in [0, 0.1) is 0 Å². The number of anilines is 1. The van der Waals surface area contributed by atoms with Crippen molar-refractivity contribution >= 4 is 48.5 Å². The second kappa shape index (κ2) is 6.40. The summed E-state index contributed by atoms with van der Waals surface area (Å²) in [5.41, 5.74) is 0.916. The standard InChI is InChI=1S/C15H8BrF3N2O2S/c16-9-3-1-8(2-4-9)13(22)21-14-20-11-6-5-10(7-12(11)24-14)23-15(17,18)19/h1-7H,(H,20,21,22). The molecule has 3 rings (SSSR count). The number of carbonyl (C=O) groups excluding carboxylic acids is 1. The summed E-state index contributed by atoms with van der Waals surface area (Å²) < 4.78 is 41.9. The van der Waals surface area contributed by atoms with E-state index in [4.69, 9.17) is 0 Å². The van der Waals surface area contributed by atoms with Gasteiger partial charge in [0, 0.05) is 16.1 Å². The first kappa shape index (κ1) is 16.7. The Kier molecular flexibility index (Phi) is 4.46. The number of ether oxygens (including phenoxy) is 1. The minimum absolute atomic E-state index is 0.294. The van der Waals surface area contributed by atoms with E-state index in [1.807, 2.05) is 0 Å². The van der Waals surface area contributed by atoms with E-state index in [1.165, 1.54) is 18.2 Å². The predicted octanol–water partition coefficient (Wildman–Crippen LogP) is 5.21. The fraction of sp³-hybridized carbons (Fsp3) is 0.0667. The average Bonchev–Trinajstić information content (AvgIpc) is 2.87. The van der Waals surface area contributed by atoms with Gasteiger partial charge in [0.25, 0.3) is 5.91 Å². The lowest BCUT2D eigenvalue weighted by molar-refractivity contribution is -0.274. The molecule has 9 heteroatoms. The van der Waals surface area contributed by atoms with Crippen molar-refractivity contribution in [3.05, 3.63) is 52.5 Å². The molecule has 0 saturated carbocycles. The van der Waals surface area contributed by atoms with Gasteiger partial charge in [-0.15, -0.1) is 13.2 Å². The first-order valence-electron chi connectivity index (χ1n) is 6.53. The minimum atomic E-state index is -4.75. The molecule has 0 radical (unpaired) electrons. The van der Waals surface area contributed by atoms with Gasteiger partial charge in [0.15, 0.2) is 5.13 Å². The Balaban J connectivity index is 1.80. The third-order valence-electron chi connectivity index (χ3n) is 2.92. The predicted molar refractivity (Wildman–Crippen MR) is 88.4 cm³/mol. The van der Waals surface area contributed by atoms with Crippen LogP contribution in [-0.2, 0) is 0 Å². The van der Waals surface area contributed by atoms with E-state index in [1.54, 1.807) is 24.3 Å². The van der Waals surface area contributed by atoms with E-state index < -0.39 is 6.36 Å². The highest BCUT2D eigenvalue weighted by Crippen LogP contribution is 2.31. The van der Waals surface area contributed by atoms with Gasteiger partial charge < -0.3 is 4.74 Å². The Labute approximate surface area is 146 Å². The van der Waals surface area contributed by atoms with Gasteiger partial charge in [0.05, 0.1) is 10.2 Å². The van der Waals surface area contributed by atoms with E-state index in [9.17, 15) is 18.0 Å². The van der Waals surface area contributed by atoms with Crippen LogP contribution in [0.5, 0.6) is 5.75 Å². The topological polar surface area (TPSA) is 51.2 Å². The second-order valence-corrected chi connectivity index (χ2v) is 6.60. The molecule has 0 aliphatic carbocycles. The van der Waals surface area contributed by atoms with Gasteiger partial charge in [-0.3, -0.25) is 10.1 Å². The largest absolute Gasteiger partial charge is 0.573 e. The zero-order chi connectivity index (χ0) is 17.3. The van der Waals surface area contributed by atoms with Gasteiger partial charge in [0.2, 0.25) is 0 Å². The number of thiazole rings is 1. The summed E-state index contributed by atoms with van der Waals surface area (Å²) in [5, 5.41) is 2.92. The Morgan fingerprint density at radius 3 is 2.54 bits per heavy atom. The van der Waals surface area contributed by atoms with Gasteiger partial charge >= 0.3 is 6.36 Å². The van der Waals surface area contributed by atoms with Crippen LogP contribution in [0.25, 0.3) is 10.2 Å². The van der Waals surface area contributed by atoms with Crippen molar-refractivity contribution in [2.24, 2.45) is 0 Å². The van der Waals surface area contributed by atoms with Gasteiger partial charge in [-0.1, -0.05) is 27.3 Å². The van der Waals surface area contributed by atoms with Crippen LogP contribution in [0.1, 0.15) is 10.4 Å². The molecule has 1 amide bonds. The molecule has 0 aliphatic heterocycles. The van der Waals surface area contributed by atoms with Crippen molar-refractivity contribution in [2.45, 2.75) is 6.36 Å². The maximum atomic E-state index is 12.2. The lowest BCUT2D eigenvalue weighted by atomic mass is 10.2. The van der Waals surface area contributed by atoms with E-state index in [0.717, 1.165) is 15.8 Å². The van der Waals surface area contributed by atoms with Crippen molar-refractivity contribution < 1.29 is 22.7 Å². The molecule has 1 aromatic heterocycles. The number of hydrogen-bond acceptors (Lipinski definition) is 4. The van der Waals surface area contributed by atoms with Crippen molar-refractivity contribution in [3.63, 3.8) is 0 Å². The van der Waals surface area contributed by atoms with Crippen molar-refractivity contribution in [1.29, 1.82) is 0 Å². The fourth-order valence-corrected chi connectivity index (χ4v) is 3.08. The molecule has 24 heavy (non-hydrogen) atoms. The SMILES string of the molecule is O=C(Nc1nc2ccc(OC(F)(F)F)cc2s1)c1ccc(Br)cc1. The highest BCUT2D eigenvalue weighted by Gasteiger charge is 2.31. The Morgan fingerprint density at radius 2 is 1.88 bits per heavy atom. The van der Waals surface area contributed by atoms with Crippen molar-refractivity contribution in [1.82, 2.24) is 4.98 Å². The number of nitrogens with zero attached hydrogens (tertiary/aromatic N) is 1. The maximum Gasteiger partial charge on any atom is 0.573 e. The Morgan fingerprint density at radius 1 is 1.17 bits per heavy atom. The highest BCUT2D eigenvalue weighted by atomic mass is 79.9. The first-order chi connectivity index (χ1) is 11.3. The van der Waals surface area contributed by atoms with Crippen LogP contribution in [-0.4, -0.2) is 17.3 Å². The summed E-state index contributed by atoms with van der Waals surface area (Å²) in [5.74, 6) is -0.683. The number of benzene rings is 2. The van der Waals surface area contributed by atoms with Gasteiger partial charge in [0.1, 0.15) is 5.75 Å². The van der Waals surface area contributed by atoms with Crippen LogP contribution in [0.4, 0.5) is 18.3 Å². The summed E-state index contributed by atoms with van der Waals surface area (Å²) in [6.07, 6.45) is -4.75. The molecule has 1 N–H and O–H groups in total. The smallest absolute Gasteiger partial charge is 0.406 e. The number of alkyl halides is 3. The summed E-state index contributed by atoms with van der Waals surface area (Å²) in [7, 11) is 0. The van der Waals surface area contributed by atoms with E-state index >= 15 is 0 Å². The third kappa shape index (κ3) is 4.04. The van der Waals surface area contributed by atoms with Gasteiger partial charge in [-0.25, -0.2) is 4.98 Å². The zero-order valence-corrected chi connectivity index (χ0v) is 14.1. The fourth-order valence-electron chi connectivity index (χ4n) is 1.93. The third-order valence-corrected chi connectivity index (χ3v) is 4.38. The molecule has 0 fully saturated rings. The van der Waals surface area contributed by atoms with E-state index in [2.05, 4.69) is 31.0 Å². The van der Waals surface area contributed by atoms with E-state index in [-0.39, 0.29) is 11.7 Å². The molecule has 1 heterocycles. The molecule has 4 nitrogen and oxygen atoms in total. The number of fused-ring (bicyclic) bond motifs is 1. The van der Waals surface area contributed by atoms with Crippen LogP contribution < -0.4 is 10.1 Å². The summed E-state index contributed by atoms with van der Waals surface area (Å²) >= 11 is 4.34. The summed E-state index contributed by atoms with van der Waals surface area (Å²) in [4.78, 5) is 16.3. The number of aromatic nitrogens is 1. The molecule has 124 valence electrons. The summed E-state index contributed by atoms with van der Waals surface area (Å²) in [6.45, 7) is 0. The number of rotatable bonds is 3. The Hall–Kier alpha value is -2.13. The van der Waals surface area contributed by atoms with Gasteiger partial charge in [-0.2, -0.15) is 0 Å². The first-order valence-corrected chi connectivity index (χ1v) is 8.14. The molecular formula is C15H8BrF3N2O2S. The highest BCUT2D eigenvalue weighted by molar-refractivity contribution is 9.10. The number of carbonyl (C=O) groups is 1. The number of amides is 1. The molecular weight excluding hydrogens is 409 g/mol. The molecule has 0 aliphatic rings. The van der Waals surface area contributed by atoms with E-state index in [0.29, 0.717) is 20.9 Å². The van der Waals surface area contributed by atoms with Crippen LogP contribution >= 0.6 is 27.3 Å². The van der Waals surface area contributed by atoms with Crippen LogP contribution in [0.15, 0.2) is 46.9 Å². The normalized spacial score (nSPS) is 11.5. The molecule has 0 bridgehead atoms. The molecule has 3 aromatic rings. The molecule has 0 spiro atoms. The molecule has 0 atom stereocenters. The maximum absolute atomic E-state index is 12.2. The average molecular weight is 417 g/mol. The second-order valence-electron chi connectivity index (χ2n) is 4.66. The molecule has 2 aromatic carbocycles. The number of halogens is 4.